The fourth-order valence-corrected chi connectivity index (χ4v) is 2.75. The summed E-state index contributed by atoms with van der Waals surface area (Å²) in [6.45, 7) is 0.597. The molecule has 0 unspecified atom stereocenters. The third-order valence-corrected chi connectivity index (χ3v) is 4.00. The summed E-state index contributed by atoms with van der Waals surface area (Å²) >= 11 is 15.1. The molecule has 0 aromatic heterocycles. The van der Waals surface area contributed by atoms with Crippen LogP contribution in [0, 0.1) is 0 Å². The van der Waals surface area contributed by atoms with Crippen molar-refractivity contribution in [1.82, 2.24) is 10.6 Å². The fraction of sp³-hybridized carbons (Fsp3) is 0.125. The zero-order valence-corrected chi connectivity index (χ0v) is 15.0. The van der Waals surface area contributed by atoms with E-state index in [1.54, 1.807) is 30.3 Å². The highest BCUT2D eigenvalue weighted by Gasteiger charge is 2.10. The molecule has 0 saturated carbocycles. The van der Waals surface area contributed by atoms with E-state index in [0.29, 0.717) is 22.7 Å². The summed E-state index contributed by atoms with van der Waals surface area (Å²) < 4.78 is 0.829. The molecule has 0 spiro atoms. The number of carbonyl (C=O) groups is 2. The quantitative estimate of drug-likeness (QED) is 0.727. The topological polar surface area (TPSA) is 58.2 Å². The Morgan fingerprint density at radius 2 is 1.65 bits per heavy atom. The molecule has 0 fully saturated rings. The van der Waals surface area contributed by atoms with Gasteiger partial charge in [0.25, 0.3) is 11.8 Å². The highest BCUT2D eigenvalue weighted by molar-refractivity contribution is 9.10. The van der Waals surface area contributed by atoms with E-state index in [4.69, 9.17) is 23.2 Å². The molecule has 2 rings (SSSR count). The Labute approximate surface area is 152 Å². The van der Waals surface area contributed by atoms with Crippen LogP contribution < -0.4 is 10.6 Å². The van der Waals surface area contributed by atoms with Crippen molar-refractivity contribution in [2.45, 2.75) is 0 Å². The number of carbonyl (C=O) groups excluding carboxylic acids is 2. The summed E-state index contributed by atoms with van der Waals surface area (Å²) in [7, 11) is 0. The van der Waals surface area contributed by atoms with Gasteiger partial charge in [-0.25, -0.2) is 0 Å². The molecule has 2 amide bonds. The lowest BCUT2D eigenvalue weighted by Crippen LogP contribution is -2.34. The molecule has 7 heteroatoms. The zero-order chi connectivity index (χ0) is 16.8. The number of hydrogen-bond donors (Lipinski definition) is 2. The Morgan fingerprint density at radius 1 is 0.957 bits per heavy atom. The van der Waals surface area contributed by atoms with Crippen LogP contribution in [0.3, 0.4) is 0 Å². The van der Waals surface area contributed by atoms with Crippen LogP contribution in [-0.4, -0.2) is 24.9 Å². The number of hydrogen-bond acceptors (Lipinski definition) is 2. The first-order chi connectivity index (χ1) is 11.0. The lowest BCUT2D eigenvalue weighted by atomic mass is 10.2. The number of amides is 2. The average Bonchev–Trinajstić information content (AvgIpc) is 2.51. The van der Waals surface area contributed by atoms with Gasteiger partial charge in [0.1, 0.15) is 0 Å². The second-order valence-corrected chi connectivity index (χ2v) is 6.41. The van der Waals surface area contributed by atoms with E-state index in [9.17, 15) is 9.59 Å². The van der Waals surface area contributed by atoms with Gasteiger partial charge < -0.3 is 10.6 Å². The summed E-state index contributed by atoms with van der Waals surface area (Å²) in [4.78, 5) is 23.9. The van der Waals surface area contributed by atoms with Gasteiger partial charge in [-0.15, -0.1) is 0 Å². The molecule has 0 aliphatic heterocycles. The maximum absolute atomic E-state index is 12.0. The van der Waals surface area contributed by atoms with Gasteiger partial charge in [-0.1, -0.05) is 45.2 Å². The van der Waals surface area contributed by atoms with Gasteiger partial charge in [0.05, 0.1) is 10.6 Å². The van der Waals surface area contributed by atoms with Gasteiger partial charge in [0, 0.05) is 28.1 Å². The van der Waals surface area contributed by atoms with Crippen LogP contribution in [0.4, 0.5) is 0 Å². The van der Waals surface area contributed by atoms with Crippen molar-refractivity contribution in [2.75, 3.05) is 13.1 Å². The van der Waals surface area contributed by atoms with Crippen LogP contribution in [0.1, 0.15) is 20.7 Å². The Hall–Kier alpha value is -1.56. The molecule has 120 valence electrons. The van der Waals surface area contributed by atoms with Gasteiger partial charge in [-0.05, 0) is 36.4 Å². The van der Waals surface area contributed by atoms with E-state index in [1.807, 2.05) is 6.07 Å². The van der Waals surface area contributed by atoms with E-state index >= 15 is 0 Å². The highest BCUT2D eigenvalue weighted by Crippen LogP contribution is 2.20. The van der Waals surface area contributed by atoms with Crippen molar-refractivity contribution >= 4 is 50.9 Å². The van der Waals surface area contributed by atoms with E-state index < -0.39 is 0 Å². The number of rotatable bonds is 5. The second kappa shape index (κ2) is 8.34. The average molecular weight is 416 g/mol. The molecule has 0 radical (unpaired) electrons. The Balaban J connectivity index is 1.81. The first-order valence-electron chi connectivity index (χ1n) is 6.74. The molecular weight excluding hydrogens is 403 g/mol. The third-order valence-electron chi connectivity index (χ3n) is 2.96. The molecule has 4 nitrogen and oxygen atoms in total. The Kier molecular flexibility index (Phi) is 6.45. The molecule has 2 aromatic carbocycles. The summed E-state index contributed by atoms with van der Waals surface area (Å²) in [5.74, 6) is -0.520. The van der Waals surface area contributed by atoms with E-state index in [2.05, 4.69) is 26.6 Å². The van der Waals surface area contributed by atoms with E-state index in [1.165, 1.54) is 6.07 Å². The van der Waals surface area contributed by atoms with Crippen LogP contribution in [0.25, 0.3) is 0 Å². The van der Waals surface area contributed by atoms with Gasteiger partial charge in [0.15, 0.2) is 0 Å². The number of benzene rings is 2. The Bertz CT molecular complexity index is 738. The van der Waals surface area contributed by atoms with Crippen LogP contribution in [0.2, 0.25) is 10.0 Å². The predicted molar refractivity (Wildman–Crippen MR) is 95.3 cm³/mol. The zero-order valence-electron chi connectivity index (χ0n) is 11.9. The molecule has 0 heterocycles. The minimum absolute atomic E-state index is 0.204. The first kappa shape index (κ1) is 17.8. The highest BCUT2D eigenvalue weighted by atomic mass is 79.9. The van der Waals surface area contributed by atoms with Crippen molar-refractivity contribution < 1.29 is 9.59 Å². The summed E-state index contributed by atoms with van der Waals surface area (Å²) in [6.07, 6.45) is 0. The normalized spacial score (nSPS) is 10.2. The predicted octanol–water partition coefficient (Wildman–Crippen LogP) is 3.92. The van der Waals surface area contributed by atoms with Gasteiger partial charge in [-0.3, -0.25) is 9.59 Å². The van der Waals surface area contributed by atoms with Crippen molar-refractivity contribution in [3.8, 4) is 0 Å². The van der Waals surface area contributed by atoms with Crippen molar-refractivity contribution in [2.24, 2.45) is 0 Å². The fourth-order valence-electron chi connectivity index (χ4n) is 1.85. The van der Waals surface area contributed by atoms with Gasteiger partial charge in [0.2, 0.25) is 0 Å². The monoisotopic (exact) mass is 414 g/mol. The minimum Gasteiger partial charge on any atom is -0.350 e. The molecule has 2 aromatic rings. The molecule has 0 atom stereocenters. The largest absolute Gasteiger partial charge is 0.350 e. The third kappa shape index (κ3) is 5.23. The van der Waals surface area contributed by atoms with E-state index in [0.717, 1.165) is 4.47 Å². The second-order valence-electron chi connectivity index (χ2n) is 4.65. The maximum atomic E-state index is 12.0. The summed E-state index contributed by atoms with van der Waals surface area (Å²) in [6, 6.07) is 11.7. The van der Waals surface area contributed by atoms with Crippen LogP contribution >= 0.6 is 39.1 Å². The Morgan fingerprint density at radius 3 is 2.30 bits per heavy atom. The van der Waals surface area contributed by atoms with Crippen molar-refractivity contribution in [1.29, 1.82) is 0 Å². The number of nitrogens with one attached hydrogen (secondary N) is 2. The smallest absolute Gasteiger partial charge is 0.252 e. The molecular formula is C16H13BrCl2N2O2. The van der Waals surface area contributed by atoms with Crippen LogP contribution in [0.15, 0.2) is 46.9 Å². The number of halogens is 3. The van der Waals surface area contributed by atoms with Crippen LogP contribution in [-0.2, 0) is 0 Å². The van der Waals surface area contributed by atoms with Crippen molar-refractivity contribution in [3.05, 3.63) is 68.1 Å². The van der Waals surface area contributed by atoms with Crippen LogP contribution in [0.5, 0.6) is 0 Å². The molecule has 0 aliphatic rings. The van der Waals surface area contributed by atoms with Gasteiger partial charge in [-0.2, -0.15) is 0 Å². The summed E-state index contributed by atoms with van der Waals surface area (Å²) in [5.41, 5.74) is 0.890. The first-order valence-corrected chi connectivity index (χ1v) is 8.29. The molecule has 0 bridgehead atoms. The van der Waals surface area contributed by atoms with E-state index in [-0.39, 0.29) is 23.4 Å². The lowest BCUT2D eigenvalue weighted by molar-refractivity contribution is 0.0927. The molecule has 23 heavy (non-hydrogen) atoms. The molecule has 0 saturated heterocycles. The SMILES string of the molecule is O=C(NCCNC(=O)c1ccc(Cl)cc1Cl)c1cccc(Br)c1. The van der Waals surface area contributed by atoms with Crippen molar-refractivity contribution in [3.63, 3.8) is 0 Å². The molecule has 0 aliphatic carbocycles. The standard InChI is InChI=1S/C16H13BrCl2N2O2/c17-11-3-1-2-10(8-11)15(22)20-6-7-21-16(23)13-5-4-12(18)9-14(13)19/h1-5,8-9H,6-7H2,(H,20,22)(H,21,23). The maximum Gasteiger partial charge on any atom is 0.252 e. The summed E-state index contributed by atoms with van der Waals surface area (Å²) in [5, 5.41) is 6.17. The minimum atomic E-state index is -0.316. The molecule has 2 N–H and O–H groups in total. The lowest BCUT2D eigenvalue weighted by Gasteiger charge is -2.08. The van der Waals surface area contributed by atoms with Gasteiger partial charge >= 0.3 is 0 Å².